The number of carbonyl (C=O) groups excluding carboxylic acids is 3. The first-order chi connectivity index (χ1) is 14.5. The minimum atomic E-state index is -1.13. The molecular formula is C20H25N5O5. The third-order valence-electron chi connectivity index (χ3n) is 4.75. The Labute approximate surface area is 173 Å². The number of amides is 3. The smallest absolute Gasteiger partial charge is 0.278 e. The van der Waals surface area contributed by atoms with Gasteiger partial charge in [-0.25, -0.2) is 0 Å². The molecule has 1 aromatic heterocycles. The Bertz CT molecular complexity index is 928. The summed E-state index contributed by atoms with van der Waals surface area (Å²) in [5.74, 6) is -0.347. The SMILES string of the molecule is COc1cccc(C(=O)N2CCCN(C(=O)c3cc(C)on3)C2C(=O)NCCN)c1. The maximum Gasteiger partial charge on any atom is 0.278 e. The molecule has 1 atom stereocenters. The number of ether oxygens (including phenoxy) is 1. The number of nitrogens with two attached hydrogens (primary N) is 1. The van der Waals surface area contributed by atoms with E-state index in [0.717, 1.165) is 0 Å². The minimum Gasteiger partial charge on any atom is -0.497 e. The first kappa shape index (κ1) is 21.3. The highest BCUT2D eigenvalue weighted by Gasteiger charge is 2.41. The molecular weight excluding hydrogens is 390 g/mol. The number of aryl methyl sites for hydroxylation is 1. The van der Waals surface area contributed by atoms with Crippen molar-refractivity contribution in [1.82, 2.24) is 20.3 Å². The number of hydrogen-bond acceptors (Lipinski definition) is 7. The number of carbonyl (C=O) groups is 3. The fourth-order valence-corrected chi connectivity index (χ4v) is 3.36. The van der Waals surface area contributed by atoms with Crippen molar-refractivity contribution in [3.63, 3.8) is 0 Å². The van der Waals surface area contributed by atoms with Gasteiger partial charge in [-0.3, -0.25) is 14.4 Å². The Morgan fingerprint density at radius 1 is 1.23 bits per heavy atom. The third kappa shape index (κ3) is 4.43. The quantitative estimate of drug-likeness (QED) is 0.697. The monoisotopic (exact) mass is 415 g/mol. The van der Waals surface area contributed by atoms with Crippen LogP contribution in [-0.4, -0.2) is 72.1 Å². The summed E-state index contributed by atoms with van der Waals surface area (Å²) in [4.78, 5) is 42.0. The van der Waals surface area contributed by atoms with Crippen LogP contribution >= 0.6 is 0 Å². The van der Waals surface area contributed by atoms with Gasteiger partial charge in [0.1, 0.15) is 11.5 Å². The van der Waals surface area contributed by atoms with E-state index in [1.54, 1.807) is 31.2 Å². The van der Waals surface area contributed by atoms with Crippen molar-refractivity contribution in [1.29, 1.82) is 0 Å². The molecule has 30 heavy (non-hydrogen) atoms. The van der Waals surface area contributed by atoms with Crippen molar-refractivity contribution < 1.29 is 23.6 Å². The third-order valence-corrected chi connectivity index (χ3v) is 4.75. The lowest BCUT2D eigenvalue weighted by Crippen LogP contribution is -2.63. The summed E-state index contributed by atoms with van der Waals surface area (Å²) in [7, 11) is 1.51. The predicted octanol–water partition coefficient (Wildman–Crippen LogP) is 0.381. The van der Waals surface area contributed by atoms with E-state index in [1.807, 2.05) is 0 Å². The standard InChI is InChI=1S/C20H25N5O5/c1-13-11-16(23-30-13)20(28)25-10-4-9-24(18(25)17(26)22-8-7-21)19(27)14-5-3-6-15(12-14)29-2/h3,5-6,11-12,18H,4,7-10,21H2,1-2H3,(H,22,26). The zero-order chi connectivity index (χ0) is 21.7. The Morgan fingerprint density at radius 3 is 2.60 bits per heavy atom. The molecule has 2 heterocycles. The van der Waals surface area contributed by atoms with Gasteiger partial charge >= 0.3 is 0 Å². The average molecular weight is 415 g/mol. The van der Waals surface area contributed by atoms with Gasteiger partial charge in [-0.15, -0.1) is 0 Å². The first-order valence-electron chi connectivity index (χ1n) is 9.63. The molecule has 3 amide bonds. The van der Waals surface area contributed by atoms with E-state index in [0.29, 0.717) is 36.6 Å². The van der Waals surface area contributed by atoms with Crippen LogP contribution in [0.2, 0.25) is 0 Å². The second kappa shape index (κ2) is 9.40. The zero-order valence-corrected chi connectivity index (χ0v) is 17.0. The Morgan fingerprint density at radius 2 is 1.97 bits per heavy atom. The molecule has 3 rings (SSSR count). The first-order valence-corrected chi connectivity index (χ1v) is 9.63. The molecule has 0 saturated carbocycles. The predicted molar refractivity (Wildman–Crippen MR) is 107 cm³/mol. The minimum absolute atomic E-state index is 0.0832. The molecule has 1 unspecified atom stereocenters. The number of nitrogens with zero attached hydrogens (tertiary/aromatic N) is 3. The van der Waals surface area contributed by atoms with Crippen LogP contribution in [-0.2, 0) is 4.79 Å². The second-order valence-corrected chi connectivity index (χ2v) is 6.86. The van der Waals surface area contributed by atoms with Gasteiger partial charge in [-0.1, -0.05) is 11.2 Å². The van der Waals surface area contributed by atoms with Crippen LogP contribution in [0.15, 0.2) is 34.9 Å². The van der Waals surface area contributed by atoms with E-state index in [2.05, 4.69) is 10.5 Å². The topological polar surface area (TPSA) is 131 Å². The summed E-state index contributed by atoms with van der Waals surface area (Å²) in [5, 5.41) is 6.44. The van der Waals surface area contributed by atoms with Gasteiger partial charge in [-0.05, 0) is 31.5 Å². The lowest BCUT2D eigenvalue weighted by atomic mass is 10.1. The summed E-state index contributed by atoms with van der Waals surface area (Å²) in [6, 6.07) is 8.15. The second-order valence-electron chi connectivity index (χ2n) is 6.86. The molecule has 1 saturated heterocycles. The number of methoxy groups -OCH3 is 1. The van der Waals surface area contributed by atoms with E-state index in [9.17, 15) is 14.4 Å². The van der Waals surface area contributed by atoms with Crippen LogP contribution in [0.3, 0.4) is 0 Å². The average Bonchev–Trinajstić information content (AvgIpc) is 3.22. The fourth-order valence-electron chi connectivity index (χ4n) is 3.36. The Balaban J connectivity index is 1.94. The van der Waals surface area contributed by atoms with E-state index < -0.39 is 18.0 Å². The molecule has 160 valence electrons. The molecule has 1 fully saturated rings. The van der Waals surface area contributed by atoms with Crippen LogP contribution < -0.4 is 15.8 Å². The summed E-state index contributed by atoms with van der Waals surface area (Å²) in [6.45, 7) is 2.75. The highest BCUT2D eigenvalue weighted by molar-refractivity contribution is 6.01. The number of benzene rings is 1. The van der Waals surface area contributed by atoms with Gasteiger partial charge in [0.15, 0.2) is 11.9 Å². The van der Waals surface area contributed by atoms with Crippen LogP contribution in [0.5, 0.6) is 5.75 Å². The van der Waals surface area contributed by atoms with Gasteiger partial charge < -0.3 is 30.1 Å². The van der Waals surface area contributed by atoms with Crippen LogP contribution in [0, 0.1) is 6.92 Å². The van der Waals surface area contributed by atoms with E-state index in [-0.39, 0.29) is 24.7 Å². The molecule has 1 aliphatic heterocycles. The summed E-state index contributed by atoms with van der Waals surface area (Å²) in [6.07, 6.45) is -0.618. The highest BCUT2D eigenvalue weighted by Crippen LogP contribution is 2.22. The van der Waals surface area contributed by atoms with Gasteiger partial charge in [-0.2, -0.15) is 0 Å². The van der Waals surface area contributed by atoms with Crippen LogP contribution in [0.4, 0.5) is 0 Å². The molecule has 0 spiro atoms. The van der Waals surface area contributed by atoms with Gasteiger partial charge in [0, 0.05) is 37.8 Å². The van der Waals surface area contributed by atoms with Crippen molar-refractivity contribution in [2.24, 2.45) is 5.73 Å². The lowest BCUT2D eigenvalue weighted by Gasteiger charge is -2.42. The molecule has 2 aromatic rings. The maximum atomic E-state index is 13.3. The van der Waals surface area contributed by atoms with Crippen molar-refractivity contribution in [3.8, 4) is 5.75 Å². The van der Waals surface area contributed by atoms with Crippen molar-refractivity contribution in [2.45, 2.75) is 19.5 Å². The highest BCUT2D eigenvalue weighted by atomic mass is 16.5. The van der Waals surface area contributed by atoms with Gasteiger partial charge in [0.05, 0.1) is 7.11 Å². The molecule has 0 aliphatic carbocycles. The number of rotatable bonds is 6. The molecule has 1 aliphatic rings. The number of nitrogens with one attached hydrogen (secondary N) is 1. The van der Waals surface area contributed by atoms with Crippen LogP contribution in [0.25, 0.3) is 0 Å². The molecule has 3 N–H and O–H groups in total. The lowest BCUT2D eigenvalue weighted by molar-refractivity contribution is -0.132. The van der Waals surface area contributed by atoms with Crippen molar-refractivity contribution >= 4 is 17.7 Å². The Kier molecular flexibility index (Phi) is 6.68. The summed E-state index contributed by atoms with van der Waals surface area (Å²) >= 11 is 0. The zero-order valence-electron chi connectivity index (χ0n) is 17.0. The van der Waals surface area contributed by atoms with Crippen molar-refractivity contribution in [3.05, 3.63) is 47.3 Å². The molecule has 10 nitrogen and oxygen atoms in total. The molecule has 0 radical (unpaired) electrons. The molecule has 0 bridgehead atoms. The summed E-state index contributed by atoms with van der Waals surface area (Å²) in [5.41, 5.74) is 5.94. The van der Waals surface area contributed by atoms with E-state index in [1.165, 1.54) is 23.0 Å². The largest absolute Gasteiger partial charge is 0.497 e. The number of aromatic nitrogens is 1. The Hall–Kier alpha value is -3.40. The maximum absolute atomic E-state index is 13.3. The van der Waals surface area contributed by atoms with Gasteiger partial charge in [0.25, 0.3) is 17.7 Å². The van der Waals surface area contributed by atoms with E-state index >= 15 is 0 Å². The van der Waals surface area contributed by atoms with Gasteiger partial charge in [0.2, 0.25) is 0 Å². The normalized spacial score (nSPS) is 16.3. The molecule has 1 aromatic carbocycles. The molecule has 10 heteroatoms. The number of hydrogen-bond donors (Lipinski definition) is 2. The fraction of sp³-hybridized carbons (Fsp3) is 0.400. The van der Waals surface area contributed by atoms with Crippen molar-refractivity contribution in [2.75, 3.05) is 33.3 Å². The summed E-state index contributed by atoms with van der Waals surface area (Å²) < 4.78 is 10.2. The van der Waals surface area contributed by atoms with Crippen LogP contribution in [0.1, 0.15) is 33.0 Å². The van der Waals surface area contributed by atoms with E-state index in [4.69, 9.17) is 15.0 Å².